The van der Waals surface area contributed by atoms with Gasteiger partial charge in [0.25, 0.3) is 19.7 Å². The molecule has 0 radical (unpaired) electrons. The third kappa shape index (κ3) is 6.27. The van der Waals surface area contributed by atoms with Crippen LogP contribution >= 0.6 is 15.9 Å². The number of carbonyl (C=O) groups excluding carboxylic acids is 1. The van der Waals surface area contributed by atoms with Gasteiger partial charge in [0.15, 0.2) is 4.58 Å². The van der Waals surface area contributed by atoms with E-state index in [2.05, 4.69) is 20.7 Å². The normalized spacial score (nSPS) is 15.2. The van der Waals surface area contributed by atoms with Gasteiger partial charge in [0.2, 0.25) is 0 Å². The Labute approximate surface area is 147 Å². The summed E-state index contributed by atoms with van der Waals surface area (Å²) in [4.78, 5) is 9.67. The molecule has 0 aliphatic rings. The van der Waals surface area contributed by atoms with Crippen molar-refractivity contribution in [3.63, 3.8) is 0 Å². The predicted molar refractivity (Wildman–Crippen MR) is 76.9 cm³/mol. The molecule has 0 fully saturated rings. The lowest BCUT2D eigenvalue weighted by Crippen LogP contribution is -2.46. The van der Waals surface area contributed by atoms with Crippen LogP contribution in [-0.4, -0.2) is 49.8 Å². The van der Waals surface area contributed by atoms with Gasteiger partial charge >= 0.3 is 17.0 Å². The van der Waals surface area contributed by atoms with E-state index in [1.807, 2.05) is 0 Å². The summed E-state index contributed by atoms with van der Waals surface area (Å²) in [5, 5.41) is 0. The zero-order valence-electron chi connectivity index (χ0n) is 12.4. The van der Waals surface area contributed by atoms with Gasteiger partial charge in [-0.3, -0.25) is 4.79 Å². The number of hydrogen-bond acceptors (Lipinski definition) is 6. The average Bonchev–Trinajstić information content (AvgIpc) is 2.40. The van der Waals surface area contributed by atoms with E-state index in [0.29, 0.717) is 0 Å². The Bertz CT molecular complexity index is 625. The fraction of sp³-hybridized carbons (Fsp3) is 0.900. The predicted octanol–water partition coefficient (Wildman–Crippen LogP) is 2.68. The maximum atomic E-state index is 12.6. The number of hydrogen-bond donors (Lipinski definition) is 0. The minimum atomic E-state index is -6.68. The van der Waals surface area contributed by atoms with Gasteiger partial charge in [-0.25, -0.2) is 16.8 Å². The van der Waals surface area contributed by atoms with Crippen LogP contribution in [0, 0.1) is 0 Å². The molecule has 0 saturated heterocycles. The van der Waals surface area contributed by atoms with Crippen molar-refractivity contribution in [2.24, 2.45) is 0 Å². The standard InChI is InChI=1S/C10H13BrF6O6S2/c1-2-23-7(18)4-3-6(11)5-8(24(19,20)9(12,13)14)25(21,22)10(15,16)17/h6,8H,2-5H2,1H3. The number of esters is 1. The van der Waals surface area contributed by atoms with E-state index in [4.69, 9.17) is 0 Å². The maximum Gasteiger partial charge on any atom is 0.498 e. The summed E-state index contributed by atoms with van der Waals surface area (Å²) >= 11 is 2.61. The molecule has 0 saturated carbocycles. The van der Waals surface area contributed by atoms with Gasteiger partial charge in [0.05, 0.1) is 6.61 Å². The van der Waals surface area contributed by atoms with Crippen molar-refractivity contribution < 1.29 is 52.7 Å². The summed E-state index contributed by atoms with van der Waals surface area (Å²) in [6, 6.07) is 0. The van der Waals surface area contributed by atoms with Crippen molar-refractivity contribution in [1.82, 2.24) is 0 Å². The summed E-state index contributed by atoms with van der Waals surface area (Å²) < 4.78 is 121. The summed E-state index contributed by atoms with van der Waals surface area (Å²) in [6.45, 7) is 1.42. The zero-order chi connectivity index (χ0) is 20.3. The van der Waals surface area contributed by atoms with Gasteiger partial charge in [-0.2, -0.15) is 26.3 Å². The van der Waals surface area contributed by atoms with E-state index in [1.54, 1.807) is 0 Å². The van der Waals surface area contributed by atoms with Crippen molar-refractivity contribution in [2.45, 2.75) is 46.6 Å². The Hall–Kier alpha value is -0.570. The van der Waals surface area contributed by atoms with Crippen LogP contribution in [0.15, 0.2) is 0 Å². The minimum Gasteiger partial charge on any atom is -0.466 e. The first-order valence-corrected chi connectivity index (χ1v) is 10.4. The fourth-order valence-corrected chi connectivity index (χ4v) is 6.21. The molecule has 0 aliphatic heterocycles. The van der Waals surface area contributed by atoms with Crippen molar-refractivity contribution in [3.8, 4) is 0 Å². The van der Waals surface area contributed by atoms with E-state index in [9.17, 15) is 48.0 Å². The number of carbonyl (C=O) groups is 1. The van der Waals surface area contributed by atoms with Gasteiger partial charge in [0, 0.05) is 11.2 Å². The van der Waals surface area contributed by atoms with Crippen LogP contribution in [0.4, 0.5) is 26.3 Å². The molecule has 15 heteroatoms. The van der Waals surface area contributed by atoms with E-state index >= 15 is 0 Å². The third-order valence-corrected chi connectivity index (χ3v) is 8.16. The van der Waals surface area contributed by atoms with Crippen molar-refractivity contribution in [3.05, 3.63) is 0 Å². The molecule has 0 heterocycles. The largest absolute Gasteiger partial charge is 0.498 e. The summed E-state index contributed by atoms with van der Waals surface area (Å²) in [5.41, 5.74) is -12.4. The van der Waals surface area contributed by atoms with Crippen LogP contribution in [-0.2, 0) is 29.2 Å². The molecule has 0 spiro atoms. The number of rotatable bonds is 8. The lowest BCUT2D eigenvalue weighted by Gasteiger charge is -2.22. The molecule has 0 aromatic heterocycles. The molecule has 150 valence electrons. The van der Waals surface area contributed by atoms with E-state index in [0.717, 1.165) is 0 Å². The molecule has 25 heavy (non-hydrogen) atoms. The molecule has 0 amide bonds. The monoisotopic (exact) mass is 486 g/mol. The smallest absolute Gasteiger partial charge is 0.466 e. The van der Waals surface area contributed by atoms with Gasteiger partial charge in [-0.1, -0.05) is 15.9 Å². The highest BCUT2D eigenvalue weighted by Gasteiger charge is 2.62. The van der Waals surface area contributed by atoms with Crippen LogP contribution in [0.1, 0.15) is 26.2 Å². The van der Waals surface area contributed by atoms with E-state index in [-0.39, 0.29) is 6.61 Å². The van der Waals surface area contributed by atoms with Gasteiger partial charge in [-0.05, 0) is 19.8 Å². The highest BCUT2D eigenvalue weighted by Crippen LogP contribution is 2.39. The first kappa shape index (κ1) is 24.4. The molecule has 0 aromatic carbocycles. The van der Waals surface area contributed by atoms with Crippen LogP contribution in [0.3, 0.4) is 0 Å². The van der Waals surface area contributed by atoms with Crippen LogP contribution in [0.25, 0.3) is 0 Å². The third-order valence-electron chi connectivity index (χ3n) is 2.75. The second-order valence-corrected chi connectivity index (χ2v) is 10.4. The topological polar surface area (TPSA) is 94.6 Å². The lowest BCUT2D eigenvalue weighted by atomic mass is 10.2. The van der Waals surface area contributed by atoms with Crippen molar-refractivity contribution in [1.29, 1.82) is 0 Å². The maximum absolute atomic E-state index is 12.6. The number of ether oxygens (including phenoxy) is 1. The first-order valence-electron chi connectivity index (χ1n) is 6.38. The average molecular weight is 487 g/mol. The number of sulfone groups is 2. The Morgan fingerprint density at radius 2 is 1.40 bits per heavy atom. The molecule has 6 nitrogen and oxygen atoms in total. The Kier molecular flexibility index (Phi) is 8.22. The lowest BCUT2D eigenvalue weighted by molar-refractivity contribution is -0.143. The molecule has 0 aromatic rings. The Morgan fingerprint density at radius 3 is 1.72 bits per heavy atom. The molecule has 0 N–H and O–H groups in total. The van der Waals surface area contributed by atoms with Gasteiger partial charge in [0.1, 0.15) is 0 Å². The minimum absolute atomic E-state index is 0.0285. The van der Waals surface area contributed by atoms with Gasteiger partial charge in [-0.15, -0.1) is 0 Å². The molecule has 0 aliphatic carbocycles. The zero-order valence-corrected chi connectivity index (χ0v) is 15.6. The molecule has 1 unspecified atom stereocenters. The highest BCUT2D eigenvalue weighted by molar-refractivity contribution is 9.09. The second kappa shape index (κ2) is 8.41. The Balaban J connectivity index is 5.63. The molecule has 1 atom stereocenters. The highest BCUT2D eigenvalue weighted by atomic mass is 79.9. The molecule has 0 bridgehead atoms. The molecule has 0 rings (SSSR count). The molecular weight excluding hydrogens is 474 g/mol. The SMILES string of the molecule is CCOC(=O)CCC(Br)CC(S(=O)(=O)C(F)(F)F)S(=O)(=O)C(F)(F)F. The quantitative estimate of drug-likeness (QED) is 0.297. The van der Waals surface area contributed by atoms with Gasteiger partial charge < -0.3 is 4.74 Å². The Morgan fingerprint density at radius 1 is 1.00 bits per heavy atom. The van der Waals surface area contributed by atoms with Crippen LogP contribution in [0.2, 0.25) is 0 Å². The number of alkyl halides is 7. The summed E-state index contributed by atoms with van der Waals surface area (Å²) in [6.07, 6.45) is -2.45. The second-order valence-electron chi connectivity index (χ2n) is 4.59. The van der Waals surface area contributed by atoms with Crippen LogP contribution < -0.4 is 0 Å². The first-order chi connectivity index (χ1) is 11.0. The summed E-state index contributed by atoms with van der Waals surface area (Å²) in [7, 11) is -13.4. The van der Waals surface area contributed by atoms with E-state index in [1.165, 1.54) is 6.92 Å². The van der Waals surface area contributed by atoms with E-state index < -0.39 is 65.3 Å². The molecular formula is C10H13BrF6O6S2. The van der Waals surface area contributed by atoms with Crippen molar-refractivity contribution in [2.75, 3.05) is 6.61 Å². The fourth-order valence-electron chi connectivity index (χ4n) is 1.55. The van der Waals surface area contributed by atoms with Crippen LogP contribution in [0.5, 0.6) is 0 Å². The van der Waals surface area contributed by atoms with Crippen molar-refractivity contribution >= 4 is 41.6 Å². The number of halogens is 7. The summed E-state index contributed by atoms with van der Waals surface area (Å²) in [5.74, 6) is -0.833.